The highest BCUT2D eigenvalue weighted by Crippen LogP contribution is 1.93. The maximum atomic E-state index is 10.4. The first-order valence-electron chi connectivity index (χ1n) is 3.49. The number of nitrogens with two attached hydrogens (primary N) is 1. The maximum Gasteiger partial charge on any atom is 0.219 e. The largest absolute Gasteiger partial charge is 0.370 e. The first kappa shape index (κ1) is 7.78. The van der Waals surface area contributed by atoms with Crippen LogP contribution in [0.2, 0.25) is 0 Å². The lowest BCUT2D eigenvalue weighted by molar-refractivity contribution is -0.118. The Labute approximate surface area is 65.4 Å². The van der Waals surface area contributed by atoms with Crippen LogP contribution in [0.25, 0.3) is 0 Å². The lowest BCUT2D eigenvalue weighted by Crippen LogP contribution is -2.28. The fraction of sp³-hybridized carbons (Fsp3) is 0.429. The molecule has 0 spiro atoms. The molecule has 1 aliphatic heterocycles. The van der Waals surface area contributed by atoms with E-state index in [1.54, 1.807) is 12.5 Å². The third-order valence-corrected chi connectivity index (χ3v) is 1.41. The van der Waals surface area contributed by atoms with Gasteiger partial charge in [0, 0.05) is 25.7 Å². The highest BCUT2D eigenvalue weighted by atomic mass is 16.1. The molecule has 4 nitrogen and oxygen atoms in total. The minimum atomic E-state index is -0.270. The molecule has 0 bridgehead atoms. The summed E-state index contributed by atoms with van der Waals surface area (Å²) in [5.41, 5.74) is 4.98. The first-order valence-corrected chi connectivity index (χ1v) is 3.49. The molecule has 0 saturated heterocycles. The Morgan fingerprint density at radius 3 is 3.09 bits per heavy atom. The molecule has 11 heavy (non-hydrogen) atoms. The van der Waals surface area contributed by atoms with E-state index in [9.17, 15) is 4.79 Å². The van der Waals surface area contributed by atoms with Crippen molar-refractivity contribution in [2.45, 2.75) is 6.42 Å². The van der Waals surface area contributed by atoms with Crippen LogP contribution in [0.4, 0.5) is 0 Å². The quantitative estimate of drug-likeness (QED) is 0.606. The number of amides is 1. The molecule has 60 valence electrons. The van der Waals surface area contributed by atoms with Gasteiger partial charge < -0.3 is 10.6 Å². The summed E-state index contributed by atoms with van der Waals surface area (Å²) in [5, 5.41) is 0. The van der Waals surface area contributed by atoms with Crippen LogP contribution in [0.15, 0.2) is 17.3 Å². The molecule has 2 N–H and O–H groups in total. The minimum absolute atomic E-state index is 0.270. The summed E-state index contributed by atoms with van der Waals surface area (Å²) in [6.45, 7) is 1.47. The Morgan fingerprint density at radius 2 is 2.55 bits per heavy atom. The third-order valence-electron chi connectivity index (χ3n) is 1.41. The van der Waals surface area contributed by atoms with Crippen molar-refractivity contribution < 1.29 is 4.79 Å². The Kier molecular flexibility index (Phi) is 2.66. The molecule has 1 heterocycles. The van der Waals surface area contributed by atoms with Gasteiger partial charge in [0.25, 0.3) is 0 Å². The Morgan fingerprint density at radius 1 is 1.73 bits per heavy atom. The van der Waals surface area contributed by atoms with Gasteiger partial charge in [0.05, 0.1) is 6.34 Å². The van der Waals surface area contributed by atoms with Gasteiger partial charge >= 0.3 is 0 Å². The number of carbonyl (C=O) groups is 1. The Balaban J connectivity index is 2.22. The topological polar surface area (TPSA) is 58.7 Å². The fourth-order valence-corrected chi connectivity index (χ4v) is 0.826. The summed E-state index contributed by atoms with van der Waals surface area (Å²) in [7, 11) is 0. The molecule has 1 rings (SSSR count). The van der Waals surface area contributed by atoms with Crippen molar-refractivity contribution in [1.82, 2.24) is 4.90 Å². The van der Waals surface area contributed by atoms with Gasteiger partial charge in [-0.15, -0.1) is 0 Å². The second-order valence-corrected chi connectivity index (χ2v) is 2.36. The zero-order valence-corrected chi connectivity index (χ0v) is 6.23. The molecule has 4 heteroatoms. The van der Waals surface area contributed by atoms with E-state index in [-0.39, 0.29) is 5.91 Å². The second-order valence-electron chi connectivity index (χ2n) is 2.36. The highest BCUT2D eigenvalue weighted by molar-refractivity contribution is 5.74. The van der Waals surface area contributed by atoms with Crippen LogP contribution in [0.5, 0.6) is 0 Å². The third kappa shape index (κ3) is 2.84. The van der Waals surface area contributed by atoms with E-state index < -0.39 is 0 Å². The van der Waals surface area contributed by atoms with E-state index >= 15 is 0 Å². The molecule has 0 fully saturated rings. The van der Waals surface area contributed by atoms with Gasteiger partial charge in [-0.3, -0.25) is 4.79 Å². The summed E-state index contributed by atoms with van der Waals surface area (Å²) >= 11 is 0. The molecule has 1 aliphatic rings. The van der Waals surface area contributed by atoms with Gasteiger partial charge in [-0.2, -0.15) is 0 Å². The van der Waals surface area contributed by atoms with E-state index in [1.807, 2.05) is 11.0 Å². The summed E-state index contributed by atoms with van der Waals surface area (Å²) in [5.74, 6) is -0.270. The van der Waals surface area contributed by atoms with Crippen molar-refractivity contribution in [3.63, 3.8) is 0 Å². The summed E-state index contributed by atoms with van der Waals surface area (Å²) in [6, 6.07) is 0. The molecule has 1 amide bonds. The number of nitrogens with zero attached hydrogens (tertiary/aromatic N) is 2. The molecule has 0 saturated carbocycles. The molecular weight excluding hydrogens is 142 g/mol. The molecule has 0 unspecified atom stereocenters. The fourth-order valence-electron chi connectivity index (χ4n) is 0.826. The van der Waals surface area contributed by atoms with Crippen LogP contribution in [-0.2, 0) is 4.79 Å². The average Bonchev–Trinajstić information content (AvgIpc) is 2.03. The highest BCUT2D eigenvalue weighted by Gasteiger charge is 2.01. The second kappa shape index (κ2) is 3.75. The molecule has 0 aromatic heterocycles. The average molecular weight is 153 g/mol. The lowest BCUT2D eigenvalue weighted by Gasteiger charge is -2.17. The van der Waals surface area contributed by atoms with Crippen LogP contribution >= 0.6 is 0 Å². The first-order chi connectivity index (χ1) is 5.29. The Hall–Kier alpha value is -1.32. The van der Waals surface area contributed by atoms with Crippen LogP contribution < -0.4 is 5.73 Å². The molecule has 0 atom stereocenters. The summed E-state index contributed by atoms with van der Waals surface area (Å²) in [4.78, 5) is 16.2. The molecule has 0 radical (unpaired) electrons. The van der Waals surface area contributed by atoms with Crippen LogP contribution in [0.3, 0.4) is 0 Å². The molecule has 0 aliphatic carbocycles. The van der Waals surface area contributed by atoms with E-state index in [4.69, 9.17) is 5.73 Å². The van der Waals surface area contributed by atoms with Gasteiger partial charge in [0.1, 0.15) is 0 Å². The molecule has 0 aromatic rings. The number of hydrogen-bond donors (Lipinski definition) is 1. The Bertz CT molecular complexity index is 198. The number of primary amides is 1. The normalized spacial score (nSPS) is 15.5. The van der Waals surface area contributed by atoms with Crippen LogP contribution in [0, 0.1) is 0 Å². The number of rotatable bonds is 3. The van der Waals surface area contributed by atoms with E-state index in [1.165, 1.54) is 0 Å². The minimum Gasteiger partial charge on any atom is -0.370 e. The predicted molar refractivity (Wildman–Crippen MR) is 43.0 cm³/mol. The van der Waals surface area contributed by atoms with Crippen LogP contribution in [-0.4, -0.2) is 30.2 Å². The number of carbonyl (C=O) groups excluding carboxylic acids is 1. The van der Waals surface area contributed by atoms with Gasteiger partial charge in [-0.05, 0) is 6.08 Å². The number of hydrogen-bond acceptors (Lipinski definition) is 3. The summed E-state index contributed by atoms with van der Waals surface area (Å²) < 4.78 is 0. The van der Waals surface area contributed by atoms with Crippen molar-refractivity contribution in [2.75, 3.05) is 13.1 Å². The van der Waals surface area contributed by atoms with Crippen molar-refractivity contribution >= 4 is 12.2 Å². The zero-order valence-electron chi connectivity index (χ0n) is 6.23. The van der Waals surface area contributed by atoms with Crippen molar-refractivity contribution in [3.8, 4) is 0 Å². The van der Waals surface area contributed by atoms with Crippen molar-refractivity contribution in [1.29, 1.82) is 0 Å². The van der Waals surface area contributed by atoms with Crippen molar-refractivity contribution in [2.24, 2.45) is 10.7 Å². The SMILES string of the molecule is NC(=O)CCN1C=NC=CC1. The predicted octanol–water partition coefficient (Wildman–Crippen LogP) is -0.281. The maximum absolute atomic E-state index is 10.4. The van der Waals surface area contributed by atoms with E-state index in [0.717, 1.165) is 6.54 Å². The van der Waals surface area contributed by atoms with Gasteiger partial charge in [-0.1, -0.05) is 0 Å². The molecule has 0 aromatic carbocycles. The smallest absolute Gasteiger partial charge is 0.219 e. The van der Waals surface area contributed by atoms with Crippen molar-refractivity contribution in [3.05, 3.63) is 12.3 Å². The zero-order chi connectivity index (χ0) is 8.10. The lowest BCUT2D eigenvalue weighted by atomic mass is 10.3. The molecular formula is C7H11N3O. The van der Waals surface area contributed by atoms with E-state index in [2.05, 4.69) is 4.99 Å². The number of aliphatic imine (C=N–C) groups is 1. The summed E-state index contributed by atoms with van der Waals surface area (Å²) in [6.07, 6.45) is 5.77. The monoisotopic (exact) mass is 153 g/mol. The van der Waals surface area contributed by atoms with Crippen LogP contribution in [0.1, 0.15) is 6.42 Å². The van der Waals surface area contributed by atoms with Gasteiger partial charge in [0.15, 0.2) is 0 Å². The standard InChI is InChI=1S/C7H11N3O/c8-7(11)2-5-10-4-1-3-9-6-10/h1,3,6H,2,4-5H2,(H2,8,11). The van der Waals surface area contributed by atoms with Gasteiger partial charge in [0.2, 0.25) is 5.91 Å². The van der Waals surface area contributed by atoms with Gasteiger partial charge in [-0.25, -0.2) is 4.99 Å². The van der Waals surface area contributed by atoms with E-state index in [0.29, 0.717) is 13.0 Å².